The van der Waals surface area contributed by atoms with Crippen molar-refractivity contribution in [2.75, 3.05) is 19.6 Å². The molecule has 0 saturated carbocycles. The number of nitrogens with zero attached hydrogens (tertiary/aromatic N) is 2. The Hall–Kier alpha value is -0.790. The van der Waals surface area contributed by atoms with Gasteiger partial charge in [-0.05, 0) is 31.3 Å². The second-order valence-corrected chi connectivity index (χ2v) is 4.33. The van der Waals surface area contributed by atoms with Crippen molar-refractivity contribution in [2.45, 2.75) is 25.7 Å². The van der Waals surface area contributed by atoms with Crippen molar-refractivity contribution in [3.63, 3.8) is 0 Å². The Balaban J connectivity index is 2.02. The van der Waals surface area contributed by atoms with E-state index < -0.39 is 0 Å². The van der Waals surface area contributed by atoms with Gasteiger partial charge in [0.15, 0.2) is 0 Å². The molecule has 2 nitrogen and oxygen atoms in total. The lowest BCUT2D eigenvalue weighted by Gasteiger charge is -2.42. The van der Waals surface area contributed by atoms with E-state index in [9.17, 15) is 0 Å². The molecular weight excluding hydrogens is 160 g/mol. The molecule has 70 valence electrons. The van der Waals surface area contributed by atoms with E-state index >= 15 is 0 Å². The largest absolute Gasteiger partial charge is 0.374 e. The molecule has 3 rings (SSSR count). The van der Waals surface area contributed by atoms with E-state index in [1.54, 1.807) is 11.3 Å². The van der Waals surface area contributed by atoms with Crippen molar-refractivity contribution in [1.29, 1.82) is 0 Å². The monoisotopic (exact) mass is 176 g/mol. The summed E-state index contributed by atoms with van der Waals surface area (Å²) in [7, 11) is 0. The van der Waals surface area contributed by atoms with Crippen LogP contribution in [0.4, 0.5) is 0 Å². The van der Waals surface area contributed by atoms with E-state index in [1.165, 1.54) is 38.8 Å². The molecule has 13 heavy (non-hydrogen) atoms. The van der Waals surface area contributed by atoms with Gasteiger partial charge in [-0.25, -0.2) is 0 Å². The maximum absolute atomic E-state index is 4.47. The first-order chi connectivity index (χ1) is 6.45. The fourth-order valence-electron chi connectivity index (χ4n) is 2.93. The first-order valence-corrected chi connectivity index (χ1v) is 5.43. The van der Waals surface area contributed by atoms with Gasteiger partial charge in [-0.2, -0.15) is 0 Å². The first kappa shape index (κ1) is 7.60. The summed E-state index contributed by atoms with van der Waals surface area (Å²) in [5.41, 5.74) is 3.20. The summed E-state index contributed by atoms with van der Waals surface area (Å²) in [6.07, 6.45) is 7.47. The van der Waals surface area contributed by atoms with Crippen LogP contribution in [0.15, 0.2) is 16.3 Å². The van der Waals surface area contributed by atoms with Crippen LogP contribution in [0.3, 0.4) is 0 Å². The van der Waals surface area contributed by atoms with Gasteiger partial charge in [-0.1, -0.05) is 0 Å². The minimum atomic E-state index is 0.772. The van der Waals surface area contributed by atoms with Crippen molar-refractivity contribution in [3.05, 3.63) is 11.3 Å². The van der Waals surface area contributed by atoms with E-state index in [0.717, 1.165) is 12.5 Å². The molecule has 0 radical (unpaired) electrons. The SMILES string of the molecule is C1=NCC2CCCN3CCCC1=C23. The fraction of sp³-hybridized carbons (Fsp3) is 0.727. The van der Waals surface area contributed by atoms with Crippen LogP contribution in [0, 0.1) is 5.92 Å². The zero-order valence-electron chi connectivity index (χ0n) is 8.00. The smallest absolute Gasteiger partial charge is 0.0472 e. The molecule has 3 aliphatic rings. The molecule has 0 amide bonds. The predicted octanol–water partition coefficient (Wildman–Crippen LogP) is 1.83. The van der Waals surface area contributed by atoms with Crippen LogP contribution in [0.1, 0.15) is 25.7 Å². The number of dihydropyridines is 1. The van der Waals surface area contributed by atoms with E-state index in [2.05, 4.69) is 16.1 Å². The number of hydrogen-bond acceptors (Lipinski definition) is 2. The Morgan fingerprint density at radius 1 is 1.31 bits per heavy atom. The third-order valence-corrected chi connectivity index (χ3v) is 3.48. The van der Waals surface area contributed by atoms with Crippen LogP contribution in [0.5, 0.6) is 0 Å². The highest BCUT2D eigenvalue weighted by Crippen LogP contribution is 2.35. The fourth-order valence-corrected chi connectivity index (χ4v) is 2.93. The Kier molecular flexibility index (Phi) is 1.67. The molecule has 0 spiro atoms. The lowest BCUT2D eigenvalue weighted by molar-refractivity contribution is 0.224. The maximum atomic E-state index is 4.47. The van der Waals surface area contributed by atoms with E-state index in [4.69, 9.17) is 0 Å². The molecule has 0 aromatic rings. The summed E-state index contributed by atoms with van der Waals surface area (Å²) in [4.78, 5) is 7.08. The summed E-state index contributed by atoms with van der Waals surface area (Å²) >= 11 is 0. The minimum Gasteiger partial charge on any atom is -0.374 e. The molecule has 1 unspecified atom stereocenters. The zero-order valence-corrected chi connectivity index (χ0v) is 8.00. The summed E-state index contributed by atoms with van der Waals surface area (Å²) in [5, 5.41) is 0. The highest BCUT2D eigenvalue weighted by molar-refractivity contribution is 5.81. The standard InChI is InChI=1S/C11H16N2/c1-3-9-7-12-8-10-4-2-6-13(5-1)11(9)10/h7,10H,1-6,8H2. The number of allylic oxidation sites excluding steroid dienone is 1. The van der Waals surface area contributed by atoms with Crippen LogP contribution in [-0.2, 0) is 0 Å². The Bertz CT molecular complexity index is 278. The van der Waals surface area contributed by atoms with Crippen molar-refractivity contribution >= 4 is 6.21 Å². The van der Waals surface area contributed by atoms with Gasteiger partial charge in [-0.3, -0.25) is 4.99 Å². The van der Waals surface area contributed by atoms with Crippen molar-refractivity contribution in [3.8, 4) is 0 Å². The molecule has 1 fully saturated rings. The average Bonchev–Trinajstić information content (AvgIpc) is 2.19. The van der Waals surface area contributed by atoms with Crippen molar-refractivity contribution in [2.24, 2.45) is 10.9 Å². The van der Waals surface area contributed by atoms with Crippen LogP contribution in [0.2, 0.25) is 0 Å². The molecule has 0 aromatic carbocycles. The molecule has 3 heterocycles. The third-order valence-electron chi connectivity index (χ3n) is 3.48. The summed E-state index contributed by atoms with van der Waals surface area (Å²) in [5.74, 6) is 0.772. The third kappa shape index (κ3) is 1.11. The van der Waals surface area contributed by atoms with Gasteiger partial charge in [0.25, 0.3) is 0 Å². The second kappa shape index (κ2) is 2.86. The average molecular weight is 176 g/mol. The van der Waals surface area contributed by atoms with Crippen molar-refractivity contribution in [1.82, 2.24) is 4.90 Å². The summed E-state index contributed by atoms with van der Waals surface area (Å²) < 4.78 is 0. The Morgan fingerprint density at radius 3 is 3.23 bits per heavy atom. The number of piperidine rings is 1. The molecule has 0 bridgehead atoms. The Morgan fingerprint density at radius 2 is 2.23 bits per heavy atom. The van der Waals surface area contributed by atoms with E-state index in [-0.39, 0.29) is 0 Å². The lowest BCUT2D eigenvalue weighted by Crippen LogP contribution is -2.40. The number of aliphatic imine (C=N–C) groups is 1. The molecule has 0 N–H and O–H groups in total. The first-order valence-electron chi connectivity index (χ1n) is 5.43. The predicted molar refractivity (Wildman–Crippen MR) is 53.9 cm³/mol. The lowest BCUT2D eigenvalue weighted by atomic mass is 9.85. The van der Waals surface area contributed by atoms with Crippen molar-refractivity contribution < 1.29 is 0 Å². The van der Waals surface area contributed by atoms with Gasteiger partial charge < -0.3 is 4.90 Å². The summed E-state index contributed by atoms with van der Waals surface area (Å²) in [6, 6.07) is 0. The number of hydrogen-bond donors (Lipinski definition) is 0. The quantitative estimate of drug-likeness (QED) is 0.550. The van der Waals surface area contributed by atoms with Crippen LogP contribution in [0.25, 0.3) is 0 Å². The van der Waals surface area contributed by atoms with Crippen LogP contribution >= 0.6 is 0 Å². The van der Waals surface area contributed by atoms with E-state index in [0.29, 0.717) is 0 Å². The molecule has 0 aromatic heterocycles. The number of rotatable bonds is 0. The molecule has 0 aliphatic carbocycles. The van der Waals surface area contributed by atoms with Gasteiger partial charge in [0, 0.05) is 37.5 Å². The van der Waals surface area contributed by atoms with E-state index in [1.807, 2.05) is 0 Å². The second-order valence-electron chi connectivity index (χ2n) is 4.33. The maximum Gasteiger partial charge on any atom is 0.0472 e. The van der Waals surface area contributed by atoms with Gasteiger partial charge in [0.1, 0.15) is 0 Å². The molecule has 2 heteroatoms. The molecule has 1 saturated heterocycles. The highest BCUT2D eigenvalue weighted by atomic mass is 15.2. The zero-order chi connectivity index (χ0) is 8.67. The van der Waals surface area contributed by atoms with Crippen LogP contribution < -0.4 is 0 Å². The van der Waals surface area contributed by atoms with Gasteiger partial charge in [-0.15, -0.1) is 0 Å². The normalized spacial score (nSPS) is 32.0. The van der Waals surface area contributed by atoms with Gasteiger partial charge >= 0.3 is 0 Å². The minimum absolute atomic E-state index is 0.772. The van der Waals surface area contributed by atoms with Gasteiger partial charge in [0.2, 0.25) is 0 Å². The molecule has 1 atom stereocenters. The van der Waals surface area contributed by atoms with Gasteiger partial charge in [0.05, 0.1) is 0 Å². The summed E-state index contributed by atoms with van der Waals surface area (Å²) in [6.45, 7) is 3.64. The van der Waals surface area contributed by atoms with Crippen LogP contribution in [-0.4, -0.2) is 30.7 Å². The molecular formula is C11H16N2. The topological polar surface area (TPSA) is 15.6 Å². The molecule has 3 aliphatic heterocycles. The Labute approximate surface area is 79.3 Å². The highest BCUT2D eigenvalue weighted by Gasteiger charge is 2.30.